The highest BCUT2D eigenvalue weighted by Crippen LogP contribution is 2.26. The lowest BCUT2D eigenvalue weighted by Crippen LogP contribution is -2.14. The van der Waals surface area contributed by atoms with Crippen LogP contribution >= 0.6 is 11.6 Å². The third kappa shape index (κ3) is 3.52. The van der Waals surface area contributed by atoms with Gasteiger partial charge in [0.15, 0.2) is 0 Å². The third-order valence-electron chi connectivity index (χ3n) is 3.17. The Labute approximate surface area is 123 Å². The van der Waals surface area contributed by atoms with E-state index in [1.165, 1.54) is 23.3 Å². The van der Waals surface area contributed by atoms with Gasteiger partial charge >= 0.3 is 0 Å². The molecular weight excluding hydrogens is 274 g/mol. The number of phenols is 1. The van der Waals surface area contributed by atoms with E-state index in [0.29, 0.717) is 12.1 Å². The van der Waals surface area contributed by atoms with Gasteiger partial charge in [-0.2, -0.15) is 0 Å². The maximum atomic E-state index is 12.0. The highest BCUT2D eigenvalue weighted by atomic mass is 35.5. The molecule has 1 amide bonds. The highest BCUT2D eigenvalue weighted by molar-refractivity contribution is 6.32. The van der Waals surface area contributed by atoms with E-state index in [0.717, 1.165) is 5.56 Å². The molecule has 2 N–H and O–H groups in total. The predicted molar refractivity (Wildman–Crippen MR) is 81.4 cm³/mol. The summed E-state index contributed by atoms with van der Waals surface area (Å²) < 4.78 is 0. The van der Waals surface area contributed by atoms with Crippen molar-refractivity contribution in [2.75, 3.05) is 5.32 Å². The lowest BCUT2D eigenvalue weighted by molar-refractivity contribution is -0.115. The number of anilines is 1. The Hall–Kier alpha value is -2.00. The van der Waals surface area contributed by atoms with Crippen LogP contribution in [-0.2, 0) is 11.2 Å². The number of aryl methyl sites for hydroxylation is 2. The van der Waals surface area contributed by atoms with Crippen molar-refractivity contribution in [1.29, 1.82) is 0 Å². The largest absolute Gasteiger partial charge is 0.506 e. The number of benzene rings is 2. The van der Waals surface area contributed by atoms with Crippen LogP contribution in [0.4, 0.5) is 5.69 Å². The van der Waals surface area contributed by atoms with E-state index in [2.05, 4.69) is 5.32 Å². The Morgan fingerprint density at radius 2 is 1.90 bits per heavy atom. The van der Waals surface area contributed by atoms with Crippen LogP contribution in [0, 0.1) is 13.8 Å². The third-order valence-corrected chi connectivity index (χ3v) is 3.47. The molecule has 0 aromatic heterocycles. The molecule has 0 saturated heterocycles. The number of halogens is 1. The number of aromatic hydroxyl groups is 1. The summed E-state index contributed by atoms with van der Waals surface area (Å²) in [5.41, 5.74) is 3.92. The summed E-state index contributed by atoms with van der Waals surface area (Å²) in [4.78, 5) is 12.0. The molecule has 104 valence electrons. The molecule has 0 aliphatic heterocycles. The van der Waals surface area contributed by atoms with Gasteiger partial charge in [-0.25, -0.2) is 0 Å². The molecule has 0 aliphatic rings. The van der Waals surface area contributed by atoms with Crippen molar-refractivity contribution in [1.82, 2.24) is 0 Å². The Balaban J connectivity index is 2.04. The second-order valence-electron chi connectivity index (χ2n) is 4.81. The first-order valence-electron chi connectivity index (χ1n) is 6.30. The quantitative estimate of drug-likeness (QED) is 0.843. The van der Waals surface area contributed by atoms with E-state index in [9.17, 15) is 9.90 Å². The fraction of sp³-hybridized carbons (Fsp3) is 0.188. The minimum absolute atomic E-state index is 0.00109. The van der Waals surface area contributed by atoms with Crippen LogP contribution < -0.4 is 5.32 Å². The molecule has 0 radical (unpaired) electrons. The van der Waals surface area contributed by atoms with Crippen LogP contribution in [0.15, 0.2) is 36.4 Å². The molecule has 0 aliphatic carbocycles. The topological polar surface area (TPSA) is 49.3 Å². The molecule has 0 fully saturated rings. The minimum atomic E-state index is -0.116. The average Bonchev–Trinajstić information content (AvgIpc) is 2.38. The first-order chi connectivity index (χ1) is 9.45. The summed E-state index contributed by atoms with van der Waals surface area (Å²) in [6, 6.07) is 10.6. The van der Waals surface area contributed by atoms with Gasteiger partial charge in [0, 0.05) is 5.69 Å². The molecule has 0 spiro atoms. The molecule has 0 atom stereocenters. The maximum absolute atomic E-state index is 12.0. The smallest absolute Gasteiger partial charge is 0.228 e. The zero-order chi connectivity index (χ0) is 14.7. The summed E-state index contributed by atoms with van der Waals surface area (Å²) in [5.74, 6) is -0.117. The Bertz CT molecular complexity index is 597. The van der Waals surface area contributed by atoms with Crippen molar-refractivity contribution in [2.45, 2.75) is 20.3 Å². The van der Waals surface area contributed by atoms with Gasteiger partial charge in [-0.15, -0.1) is 0 Å². The Morgan fingerprint density at radius 3 is 2.55 bits per heavy atom. The van der Waals surface area contributed by atoms with Gasteiger partial charge in [0.1, 0.15) is 5.75 Å². The lowest BCUT2D eigenvalue weighted by atomic mass is 10.0. The number of rotatable bonds is 3. The van der Waals surface area contributed by atoms with Gasteiger partial charge in [0.05, 0.1) is 11.4 Å². The SMILES string of the molecule is Cc1ccc(CC(=O)Nc2ccc(O)c(Cl)c2)cc1C. The van der Waals surface area contributed by atoms with Gasteiger partial charge in [0.2, 0.25) is 5.91 Å². The standard InChI is InChI=1S/C16H16ClNO2/c1-10-3-4-12(7-11(10)2)8-16(20)18-13-5-6-15(19)14(17)9-13/h3-7,9,19H,8H2,1-2H3,(H,18,20). The number of carbonyl (C=O) groups is 1. The molecule has 0 unspecified atom stereocenters. The zero-order valence-electron chi connectivity index (χ0n) is 11.4. The molecule has 0 heterocycles. The van der Waals surface area contributed by atoms with Crippen molar-refractivity contribution in [3.05, 3.63) is 58.1 Å². The molecular formula is C16H16ClNO2. The number of hydrogen-bond acceptors (Lipinski definition) is 2. The Morgan fingerprint density at radius 1 is 1.15 bits per heavy atom. The van der Waals surface area contributed by atoms with E-state index in [1.807, 2.05) is 32.0 Å². The number of amides is 1. The summed E-state index contributed by atoms with van der Waals surface area (Å²) in [6.07, 6.45) is 0.305. The van der Waals surface area contributed by atoms with Gasteiger partial charge in [-0.1, -0.05) is 29.8 Å². The number of carbonyl (C=O) groups excluding carboxylic acids is 1. The second-order valence-corrected chi connectivity index (χ2v) is 5.22. The van der Waals surface area contributed by atoms with Gasteiger partial charge in [-0.05, 0) is 48.7 Å². The second kappa shape index (κ2) is 5.97. The molecule has 0 bridgehead atoms. The summed E-state index contributed by atoms with van der Waals surface area (Å²) in [7, 11) is 0. The van der Waals surface area contributed by atoms with Crippen LogP contribution in [0.2, 0.25) is 5.02 Å². The summed E-state index contributed by atoms with van der Waals surface area (Å²) in [5, 5.41) is 12.3. The lowest BCUT2D eigenvalue weighted by Gasteiger charge is -2.08. The van der Waals surface area contributed by atoms with E-state index in [-0.39, 0.29) is 16.7 Å². The molecule has 3 nitrogen and oxygen atoms in total. The number of nitrogens with one attached hydrogen (secondary N) is 1. The normalized spacial score (nSPS) is 10.3. The number of phenolic OH excluding ortho intramolecular Hbond substituents is 1. The molecule has 0 saturated carbocycles. The van der Waals surface area contributed by atoms with Crippen molar-refractivity contribution in [2.24, 2.45) is 0 Å². The van der Waals surface area contributed by atoms with Crippen molar-refractivity contribution in [3.8, 4) is 5.75 Å². The minimum Gasteiger partial charge on any atom is -0.506 e. The van der Waals surface area contributed by atoms with Crippen LogP contribution in [0.1, 0.15) is 16.7 Å². The zero-order valence-corrected chi connectivity index (χ0v) is 12.2. The first kappa shape index (κ1) is 14.4. The van der Waals surface area contributed by atoms with E-state index >= 15 is 0 Å². The fourth-order valence-corrected chi connectivity index (χ4v) is 2.07. The number of hydrogen-bond donors (Lipinski definition) is 2. The van der Waals surface area contributed by atoms with Crippen molar-refractivity contribution >= 4 is 23.2 Å². The van der Waals surface area contributed by atoms with Crippen molar-refractivity contribution < 1.29 is 9.90 Å². The molecule has 2 rings (SSSR count). The van der Waals surface area contributed by atoms with Crippen LogP contribution in [-0.4, -0.2) is 11.0 Å². The van der Waals surface area contributed by atoms with Gasteiger partial charge in [-0.3, -0.25) is 4.79 Å². The van der Waals surface area contributed by atoms with Crippen LogP contribution in [0.25, 0.3) is 0 Å². The highest BCUT2D eigenvalue weighted by Gasteiger charge is 2.07. The predicted octanol–water partition coefficient (Wildman–Crippen LogP) is 3.84. The van der Waals surface area contributed by atoms with E-state index in [1.54, 1.807) is 6.07 Å². The van der Waals surface area contributed by atoms with Gasteiger partial charge < -0.3 is 10.4 Å². The monoisotopic (exact) mass is 289 g/mol. The summed E-state index contributed by atoms with van der Waals surface area (Å²) in [6.45, 7) is 4.06. The maximum Gasteiger partial charge on any atom is 0.228 e. The van der Waals surface area contributed by atoms with E-state index < -0.39 is 0 Å². The Kier molecular flexibility index (Phi) is 4.30. The van der Waals surface area contributed by atoms with Crippen LogP contribution in [0.5, 0.6) is 5.75 Å². The molecule has 4 heteroatoms. The van der Waals surface area contributed by atoms with Crippen LogP contribution in [0.3, 0.4) is 0 Å². The first-order valence-corrected chi connectivity index (χ1v) is 6.68. The van der Waals surface area contributed by atoms with E-state index in [4.69, 9.17) is 11.6 Å². The van der Waals surface area contributed by atoms with Crippen molar-refractivity contribution in [3.63, 3.8) is 0 Å². The van der Waals surface area contributed by atoms with Gasteiger partial charge in [0.25, 0.3) is 0 Å². The summed E-state index contributed by atoms with van der Waals surface area (Å²) >= 11 is 5.79. The molecule has 2 aromatic carbocycles. The molecule has 20 heavy (non-hydrogen) atoms. The average molecular weight is 290 g/mol. The molecule has 2 aromatic rings. The fourth-order valence-electron chi connectivity index (χ4n) is 1.89.